The molecule has 0 radical (unpaired) electrons. The zero-order valence-corrected chi connectivity index (χ0v) is 9.98. The van der Waals surface area contributed by atoms with Gasteiger partial charge in [0, 0.05) is 19.2 Å². The maximum Gasteiger partial charge on any atom is 0.371 e. The molecule has 1 atom stereocenters. The molecule has 94 valence electrons. The maximum atomic E-state index is 10.7. The first-order chi connectivity index (χ1) is 8.20. The van der Waals surface area contributed by atoms with E-state index in [1.54, 1.807) is 6.07 Å². The van der Waals surface area contributed by atoms with Gasteiger partial charge in [0.2, 0.25) is 5.76 Å². The normalized spacial score (nSPS) is 20.5. The molecule has 0 aliphatic carbocycles. The van der Waals surface area contributed by atoms with Crippen molar-refractivity contribution >= 4 is 11.9 Å². The first-order valence-electron chi connectivity index (χ1n) is 5.93. The number of carbonyl (C=O) groups is 1. The molecule has 0 spiro atoms. The lowest BCUT2D eigenvalue weighted by Crippen LogP contribution is -2.38. The lowest BCUT2D eigenvalue weighted by molar-refractivity contribution is 0.0663. The van der Waals surface area contributed by atoms with Crippen molar-refractivity contribution < 1.29 is 14.3 Å². The number of rotatable bonds is 4. The maximum absolute atomic E-state index is 10.7. The van der Waals surface area contributed by atoms with E-state index in [0.29, 0.717) is 11.8 Å². The van der Waals surface area contributed by atoms with E-state index in [4.69, 9.17) is 9.52 Å². The van der Waals surface area contributed by atoms with Gasteiger partial charge in [-0.1, -0.05) is 0 Å². The molecule has 1 aromatic rings. The summed E-state index contributed by atoms with van der Waals surface area (Å²) in [5.41, 5.74) is 0. The number of hydrogen-bond acceptors (Lipinski definition) is 4. The molecule has 1 unspecified atom stereocenters. The first-order valence-corrected chi connectivity index (χ1v) is 5.93. The summed E-state index contributed by atoms with van der Waals surface area (Å²) in [7, 11) is 1.95. The van der Waals surface area contributed by atoms with Gasteiger partial charge in [-0.3, -0.25) is 0 Å². The third-order valence-corrected chi connectivity index (χ3v) is 3.13. The van der Waals surface area contributed by atoms with Crippen LogP contribution >= 0.6 is 0 Å². The highest BCUT2D eigenvalue weighted by Gasteiger charge is 2.22. The fraction of sp³-hybridized carbons (Fsp3) is 0.583. The first kappa shape index (κ1) is 12.0. The number of aromatic carboxylic acids is 1. The highest BCUT2D eigenvalue weighted by Crippen LogP contribution is 2.24. The van der Waals surface area contributed by atoms with Gasteiger partial charge in [0.25, 0.3) is 0 Å². The van der Waals surface area contributed by atoms with E-state index >= 15 is 0 Å². The van der Waals surface area contributed by atoms with Gasteiger partial charge in [0.1, 0.15) is 0 Å². The minimum Gasteiger partial charge on any atom is -0.475 e. The molecule has 0 saturated carbocycles. The Balaban J connectivity index is 2.02. The second-order valence-corrected chi connectivity index (χ2v) is 4.45. The van der Waals surface area contributed by atoms with Gasteiger partial charge in [-0.05, 0) is 38.4 Å². The Bertz CT molecular complexity index is 387. The zero-order chi connectivity index (χ0) is 12.3. The zero-order valence-electron chi connectivity index (χ0n) is 9.98. The number of hydrogen-bond donors (Lipinski definition) is 2. The highest BCUT2D eigenvalue weighted by atomic mass is 16.4. The van der Waals surface area contributed by atoms with E-state index in [0.717, 1.165) is 26.1 Å². The summed E-state index contributed by atoms with van der Waals surface area (Å²) in [6.45, 7) is 2.85. The molecule has 0 aromatic carbocycles. The second-order valence-electron chi connectivity index (χ2n) is 4.45. The van der Waals surface area contributed by atoms with Gasteiger partial charge in [-0.25, -0.2) is 4.79 Å². The average Bonchev–Trinajstić information content (AvgIpc) is 2.79. The number of anilines is 1. The SMILES string of the molecule is CNCC1CCCN(c2ccc(C(=O)O)o2)C1. The van der Waals surface area contributed by atoms with Crippen LogP contribution in [-0.2, 0) is 0 Å². The molecule has 1 fully saturated rings. The molecular formula is C12H18N2O3. The number of carboxylic acids is 1. The lowest BCUT2D eigenvalue weighted by atomic mass is 9.98. The van der Waals surface area contributed by atoms with Gasteiger partial charge in [0.05, 0.1) is 0 Å². The van der Waals surface area contributed by atoms with Crippen molar-refractivity contribution in [3.8, 4) is 0 Å². The standard InChI is InChI=1S/C12H18N2O3/c1-13-7-9-3-2-6-14(8-9)11-5-4-10(17-11)12(15)16/h4-5,9,13H,2-3,6-8H2,1H3,(H,15,16). The molecule has 1 saturated heterocycles. The van der Waals surface area contributed by atoms with Crippen molar-refractivity contribution in [1.82, 2.24) is 5.32 Å². The molecular weight excluding hydrogens is 220 g/mol. The van der Waals surface area contributed by atoms with E-state index < -0.39 is 5.97 Å². The van der Waals surface area contributed by atoms with Crippen LogP contribution in [0.25, 0.3) is 0 Å². The number of furan rings is 1. The summed E-state index contributed by atoms with van der Waals surface area (Å²) in [6.07, 6.45) is 2.33. The minimum atomic E-state index is -1.01. The van der Waals surface area contributed by atoms with Crippen molar-refractivity contribution in [2.75, 3.05) is 31.6 Å². The summed E-state index contributed by atoms with van der Waals surface area (Å²) in [5.74, 6) is 0.270. The molecule has 17 heavy (non-hydrogen) atoms. The van der Waals surface area contributed by atoms with Crippen LogP contribution in [0.4, 0.5) is 5.88 Å². The Labute approximate surface area is 100 Å². The van der Waals surface area contributed by atoms with Crippen LogP contribution in [0.5, 0.6) is 0 Å². The van der Waals surface area contributed by atoms with Crippen molar-refractivity contribution in [3.63, 3.8) is 0 Å². The second kappa shape index (κ2) is 5.23. The summed E-state index contributed by atoms with van der Waals surface area (Å²) in [6, 6.07) is 3.25. The predicted molar refractivity (Wildman–Crippen MR) is 64.5 cm³/mol. The van der Waals surface area contributed by atoms with E-state index in [-0.39, 0.29) is 5.76 Å². The van der Waals surface area contributed by atoms with E-state index in [9.17, 15) is 4.79 Å². The van der Waals surface area contributed by atoms with Gasteiger partial charge in [-0.2, -0.15) is 0 Å². The Kier molecular flexibility index (Phi) is 3.68. The number of carboxylic acid groups (broad SMARTS) is 1. The molecule has 1 aliphatic rings. The van der Waals surface area contributed by atoms with Gasteiger partial charge >= 0.3 is 5.97 Å². The smallest absolute Gasteiger partial charge is 0.371 e. The Morgan fingerprint density at radius 2 is 2.47 bits per heavy atom. The largest absolute Gasteiger partial charge is 0.475 e. The lowest BCUT2D eigenvalue weighted by Gasteiger charge is -2.32. The van der Waals surface area contributed by atoms with Crippen LogP contribution in [0, 0.1) is 5.92 Å². The molecule has 2 N–H and O–H groups in total. The highest BCUT2D eigenvalue weighted by molar-refractivity contribution is 5.84. The summed E-state index contributed by atoms with van der Waals surface area (Å²) in [5, 5.41) is 12.0. The van der Waals surface area contributed by atoms with Gasteiger partial charge in [-0.15, -0.1) is 0 Å². The van der Waals surface area contributed by atoms with Crippen molar-refractivity contribution in [3.05, 3.63) is 17.9 Å². The molecule has 0 bridgehead atoms. The monoisotopic (exact) mass is 238 g/mol. The third kappa shape index (κ3) is 2.79. The summed E-state index contributed by atoms with van der Waals surface area (Å²) in [4.78, 5) is 12.9. The van der Waals surface area contributed by atoms with Crippen LogP contribution in [-0.4, -0.2) is 37.8 Å². The average molecular weight is 238 g/mol. The topological polar surface area (TPSA) is 65.7 Å². The Morgan fingerprint density at radius 1 is 1.65 bits per heavy atom. The van der Waals surface area contributed by atoms with Crippen LogP contribution in [0.1, 0.15) is 23.4 Å². The number of nitrogens with zero attached hydrogens (tertiary/aromatic N) is 1. The predicted octanol–water partition coefficient (Wildman–Crippen LogP) is 1.41. The van der Waals surface area contributed by atoms with Crippen molar-refractivity contribution in [2.24, 2.45) is 5.92 Å². The van der Waals surface area contributed by atoms with Crippen molar-refractivity contribution in [1.29, 1.82) is 0 Å². The van der Waals surface area contributed by atoms with E-state index in [1.807, 2.05) is 7.05 Å². The Morgan fingerprint density at radius 3 is 3.12 bits per heavy atom. The molecule has 2 heterocycles. The molecule has 5 heteroatoms. The van der Waals surface area contributed by atoms with Crippen LogP contribution in [0.2, 0.25) is 0 Å². The number of nitrogens with one attached hydrogen (secondary N) is 1. The molecule has 5 nitrogen and oxygen atoms in total. The molecule has 2 rings (SSSR count). The van der Waals surface area contributed by atoms with Crippen LogP contribution in [0.15, 0.2) is 16.5 Å². The Hall–Kier alpha value is -1.49. The molecule has 0 amide bonds. The third-order valence-electron chi connectivity index (χ3n) is 3.13. The van der Waals surface area contributed by atoms with Crippen molar-refractivity contribution in [2.45, 2.75) is 12.8 Å². The van der Waals surface area contributed by atoms with E-state index in [1.165, 1.54) is 12.5 Å². The van der Waals surface area contributed by atoms with Crippen LogP contribution in [0.3, 0.4) is 0 Å². The summed E-state index contributed by atoms with van der Waals surface area (Å²) < 4.78 is 5.32. The molecule has 1 aliphatic heterocycles. The molecule has 1 aromatic heterocycles. The summed E-state index contributed by atoms with van der Waals surface area (Å²) >= 11 is 0. The van der Waals surface area contributed by atoms with Gasteiger partial charge < -0.3 is 19.7 Å². The quantitative estimate of drug-likeness (QED) is 0.830. The van der Waals surface area contributed by atoms with E-state index in [2.05, 4.69) is 10.2 Å². The fourth-order valence-electron chi connectivity index (χ4n) is 2.33. The van der Waals surface area contributed by atoms with Crippen LogP contribution < -0.4 is 10.2 Å². The fourth-order valence-corrected chi connectivity index (χ4v) is 2.33. The number of piperidine rings is 1. The minimum absolute atomic E-state index is 0.00994. The van der Waals surface area contributed by atoms with Gasteiger partial charge in [0.15, 0.2) is 5.88 Å².